The lowest BCUT2D eigenvalue weighted by atomic mass is 10.3. The van der Waals surface area contributed by atoms with E-state index in [-0.39, 0.29) is 0 Å². The average molecular weight is 156 g/mol. The van der Waals surface area contributed by atoms with Crippen molar-refractivity contribution in [1.82, 2.24) is 10.2 Å². The molecule has 1 N–H and O–H groups in total. The second kappa shape index (κ2) is 4.07. The van der Waals surface area contributed by atoms with Gasteiger partial charge in [-0.15, -0.1) is 0 Å². The van der Waals surface area contributed by atoms with Gasteiger partial charge in [0.2, 0.25) is 0 Å². The van der Waals surface area contributed by atoms with E-state index in [2.05, 4.69) is 31.1 Å². The highest BCUT2D eigenvalue weighted by Gasteiger charge is 2.26. The Bertz CT molecular complexity index is 110. The number of nitrogens with one attached hydrogen (secondary N) is 1. The van der Waals surface area contributed by atoms with E-state index in [0.29, 0.717) is 6.04 Å². The summed E-state index contributed by atoms with van der Waals surface area (Å²) in [5.74, 6) is 0. The van der Waals surface area contributed by atoms with Gasteiger partial charge in [0.1, 0.15) is 0 Å². The molecule has 0 aromatic carbocycles. The summed E-state index contributed by atoms with van der Waals surface area (Å²) in [6.45, 7) is 6.69. The molecule has 2 nitrogen and oxygen atoms in total. The Morgan fingerprint density at radius 2 is 2.18 bits per heavy atom. The van der Waals surface area contributed by atoms with Gasteiger partial charge < -0.3 is 10.2 Å². The molecule has 0 aromatic rings. The van der Waals surface area contributed by atoms with Gasteiger partial charge in [-0.1, -0.05) is 6.92 Å². The van der Waals surface area contributed by atoms with Crippen molar-refractivity contribution in [2.24, 2.45) is 0 Å². The molecule has 1 aliphatic rings. The summed E-state index contributed by atoms with van der Waals surface area (Å²) in [6, 6.07) is 1.54. The molecule has 1 fully saturated rings. The van der Waals surface area contributed by atoms with Crippen LogP contribution in [0.15, 0.2) is 0 Å². The fourth-order valence-corrected chi connectivity index (χ4v) is 1.51. The number of nitrogens with zero attached hydrogens (tertiary/aromatic N) is 1. The third kappa shape index (κ3) is 3.21. The lowest BCUT2D eigenvalue weighted by Gasteiger charge is -2.21. The van der Waals surface area contributed by atoms with Gasteiger partial charge in [-0.2, -0.15) is 0 Å². The van der Waals surface area contributed by atoms with Crippen LogP contribution in [0.1, 0.15) is 26.7 Å². The second-order valence-corrected chi connectivity index (χ2v) is 3.63. The van der Waals surface area contributed by atoms with Crippen molar-refractivity contribution in [2.75, 3.05) is 20.1 Å². The Balaban J connectivity index is 2.07. The zero-order chi connectivity index (χ0) is 8.27. The number of hydrogen-bond donors (Lipinski definition) is 1. The highest BCUT2D eigenvalue weighted by Crippen LogP contribution is 2.25. The zero-order valence-electron chi connectivity index (χ0n) is 7.93. The summed E-state index contributed by atoms with van der Waals surface area (Å²) in [5, 5.41) is 3.42. The van der Waals surface area contributed by atoms with E-state index in [1.165, 1.54) is 19.4 Å². The van der Waals surface area contributed by atoms with Gasteiger partial charge in [0.05, 0.1) is 0 Å². The third-order valence-corrected chi connectivity index (χ3v) is 2.28. The quantitative estimate of drug-likeness (QED) is 0.641. The van der Waals surface area contributed by atoms with Crippen molar-refractivity contribution in [2.45, 2.75) is 38.8 Å². The van der Waals surface area contributed by atoms with E-state index in [4.69, 9.17) is 0 Å². The van der Waals surface area contributed by atoms with Crippen LogP contribution in [-0.2, 0) is 0 Å². The molecule has 0 heterocycles. The summed E-state index contributed by atoms with van der Waals surface area (Å²) in [6.07, 6.45) is 2.82. The van der Waals surface area contributed by atoms with Gasteiger partial charge in [0.25, 0.3) is 0 Å². The van der Waals surface area contributed by atoms with E-state index in [9.17, 15) is 0 Å². The van der Waals surface area contributed by atoms with Crippen molar-refractivity contribution in [3.8, 4) is 0 Å². The molecule has 66 valence electrons. The molecule has 0 radical (unpaired) electrons. The van der Waals surface area contributed by atoms with Crippen LogP contribution in [0.5, 0.6) is 0 Å². The first kappa shape index (κ1) is 9.01. The van der Waals surface area contributed by atoms with Crippen LogP contribution >= 0.6 is 0 Å². The van der Waals surface area contributed by atoms with Crippen LogP contribution in [0.4, 0.5) is 0 Å². The predicted octanol–water partition coefficient (Wildman–Crippen LogP) is 1.08. The Morgan fingerprint density at radius 3 is 2.64 bits per heavy atom. The lowest BCUT2D eigenvalue weighted by molar-refractivity contribution is 0.289. The Kier molecular flexibility index (Phi) is 3.34. The van der Waals surface area contributed by atoms with Crippen LogP contribution < -0.4 is 5.32 Å². The minimum atomic E-state index is 0.644. The third-order valence-electron chi connectivity index (χ3n) is 2.28. The van der Waals surface area contributed by atoms with Crippen molar-refractivity contribution in [3.63, 3.8) is 0 Å². The van der Waals surface area contributed by atoms with Crippen LogP contribution in [0.2, 0.25) is 0 Å². The maximum Gasteiger partial charge on any atom is 0.0166 e. The molecular weight excluding hydrogens is 136 g/mol. The molecule has 0 saturated heterocycles. The monoisotopic (exact) mass is 156 g/mol. The molecule has 0 amide bonds. The van der Waals surface area contributed by atoms with Gasteiger partial charge in [-0.05, 0) is 33.4 Å². The van der Waals surface area contributed by atoms with Crippen LogP contribution in [0.3, 0.4) is 0 Å². The fraction of sp³-hybridized carbons (Fsp3) is 1.00. The molecule has 0 bridgehead atoms. The van der Waals surface area contributed by atoms with E-state index < -0.39 is 0 Å². The van der Waals surface area contributed by atoms with E-state index in [0.717, 1.165) is 12.6 Å². The molecule has 1 unspecified atom stereocenters. The molecule has 1 aliphatic carbocycles. The maximum atomic E-state index is 3.42. The Hall–Kier alpha value is -0.0800. The SMILES string of the molecule is CCNC(C)CN(C)C1CC1. The maximum absolute atomic E-state index is 3.42. The van der Waals surface area contributed by atoms with Crippen LogP contribution in [0.25, 0.3) is 0 Å². The molecule has 1 atom stereocenters. The molecule has 0 spiro atoms. The van der Waals surface area contributed by atoms with Crippen molar-refractivity contribution < 1.29 is 0 Å². The molecule has 1 saturated carbocycles. The highest BCUT2D eigenvalue weighted by molar-refractivity contribution is 4.83. The number of likely N-dealkylation sites (N-methyl/N-ethyl adjacent to an activating group) is 2. The van der Waals surface area contributed by atoms with Crippen LogP contribution in [-0.4, -0.2) is 37.1 Å². The predicted molar refractivity (Wildman–Crippen MR) is 48.8 cm³/mol. The summed E-state index contributed by atoms with van der Waals surface area (Å²) in [4.78, 5) is 2.47. The molecule has 0 aromatic heterocycles. The van der Waals surface area contributed by atoms with E-state index in [1.807, 2.05) is 0 Å². The van der Waals surface area contributed by atoms with Crippen molar-refractivity contribution in [1.29, 1.82) is 0 Å². The average Bonchev–Trinajstić information content (AvgIpc) is 2.67. The fourth-order valence-electron chi connectivity index (χ4n) is 1.51. The zero-order valence-corrected chi connectivity index (χ0v) is 7.93. The lowest BCUT2D eigenvalue weighted by Crippen LogP contribution is -2.38. The van der Waals surface area contributed by atoms with Gasteiger partial charge in [0.15, 0.2) is 0 Å². The highest BCUT2D eigenvalue weighted by atomic mass is 15.2. The number of hydrogen-bond acceptors (Lipinski definition) is 2. The summed E-state index contributed by atoms with van der Waals surface area (Å²) in [7, 11) is 2.23. The van der Waals surface area contributed by atoms with E-state index >= 15 is 0 Å². The smallest absolute Gasteiger partial charge is 0.0166 e. The normalized spacial score (nSPS) is 20.7. The van der Waals surface area contributed by atoms with Crippen LogP contribution in [0, 0.1) is 0 Å². The largest absolute Gasteiger partial charge is 0.313 e. The van der Waals surface area contributed by atoms with Gasteiger partial charge in [0, 0.05) is 18.6 Å². The summed E-state index contributed by atoms with van der Waals surface area (Å²) < 4.78 is 0. The molecule has 2 heteroatoms. The Morgan fingerprint density at radius 1 is 1.55 bits per heavy atom. The first-order valence-corrected chi connectivity index (χ1v) is 4.67. The van der Waals surface area contributed by atoms with Gasteiger partial charge in [-0.3, -0.25) is 0 Å². The topological polar surface area (TPSA) is 15.3 Å². The molecular formula is C9H20N2. The van der Waals surface area contributed by atoms with Crippen molar-refractivity contribution in [3.05, 3.63) is 0 Å². The van der Waals surface area contributed by atoms with Gasteiger partial charge in [-0.25, -0.2) is 0 Å². The molecule has 0 aliphatic heterocycles. The first-order chi connectivity index (χ1) is 5.24. The van der Waals surface area contributed by atoms with Gasteiger partial charge >= 0.3 is 0 Å². The number of rotatable bonds is 5. The van der Waals surface area contributed by atoms with E-state index in [1.54, 1.807) is 0 Å². The molecule has 1 rings (SSSR count). The second-order valence-electron chi connectivity index (χ2n) is 3.63. The first-order valence-electron chi connectivity index (χ1n) is 4.67. The summed E-state index contributed by atoms with van der Waals surface area (Å²) >= 11 is 0. The summed E-state index contributed by atoms with van der Waals surface area (Å²) in [5.41, 5.74) is 0. The Labute approximate surface area is 70.0 Å². The van der Waals surface area contributed by atoms with Crippen molar-refractivity contribution >= 4 is 0 Å². The molecule has 11 heavy (non-hydrogen) atoms. The standard InChI is InChI=1S/C9H20N2/c1-4-10-8(2)7-11(3)9-5-6-9/h8-10H,4-7H2,1-3H3. The minimum absolute atomic E-state index is 0.644. The minimum Gasteiger partial charge on any atom is -0.313 e.